The summed E-state index contributed by atoms with van der Waals surface area (Å²) in [5, 5.41) is 0. The number of rotatable bonds is 11. The molecule has 0 spiro atoms. The van der Waals surface area contributed by atoms with Gasteiger partial charge in [-0.25, -0.2) is 34.9 Å². The highest BCUT2D eigenvalue weighted by molar-refractivity contribution is 5.85. The van der Waals surface area contributed by atoms with Gasteiger partial charge in [-0.3, -0.25) is 0 Å². The van der Waals surface area contributed by atoms with E-state index in [2.05, 4.69) is 172 Å². The van der Waals surface area contributed by atoms with Crippen molar-refractivity contribution < 1.29 is 0 Å². The predicted molar refractivity (Wildman–Crippen MR) is 252 cm³/mol. The van der Waals surface area contributed by atoms with Crippen LogP contribution in [0.1, 0.15) is 42.5 Å². The normalized spacial score (nSPS) is 13.9. The van der Waals surface area contributed by atoms with Crippen LogP contribution in [-0.4, -0.2) is 34.9 Å². The molecule has 0 saturated heterocycles. The van der Waals surface area contributed by atoms with Crippen molar-refractivity contribution in [3.8, 4) is 56.4 Å². The van der Waals surface area contributed by atoms with Gasteiger partial charge in [0.05, 0.1) is 0 Å². The molecule has 298 valence electrons. The maximum atomic E-state index is 5.28. The molecule has 0 atom stereocenters. The van der Waals surface area contributed by atoms with E-state index in [0.29, 0.717) is 23.3 Å². The molecule has 3 aromatic heterocycles. The molecular formula is C55H43N7. The van der Waals surface area contributed by atoms with Gasteiger partial charge in [0.2, 0.25) is 0 Å². The molecule has 9 rings (SSSR count). The number of aromatic nitrogens is 7. The number of allylic oxidation sites excluding steroid dienone is 10. The van der Waals surface area contributed by atoms with E-state index in [0.717, 1.165) is 86.3 Å². The average molecular weight is 802 g/mol. The van der Waals surface area contributed by atoms with E-state index in [1.54, 1.807) is 24.8 Å². The summed E-state index contributed by atoms with van der Waals surface area (Å²) in [7, 11) is 0. The Kier molecular flexibility index (Phi) is 12.0. The van der Waals surface area contributed by atoms with Gasteiger partial charge in [-0.05, 0) is 107 Å². The minimum absolute atomic E-state index is 0.576. The van der Waals surface area contributed by atoms with Crippen LogP contribution in [0.5, 0.6) is 0 Å². The van der Waals surface area contributed by atoms with Crippen molar-refractivity contribution in [2.45, 2.75) is 26.2 Å². The van der Waals surface area contributed by atoms with Crippen LogP contribution in [0.4, 0.5) is 0 Å². The zero-order valence-electron chi connectivity index (χ0n) is 34.4. The van der Waals surface area contributed by atoms with Crippen LogP contribution in [-0.2, 0) is 6.42 Å². The molecule has 0 amide bonds. The van der Waals surface area contributed by atoms with E-state index < -0.39 is 0 Å². The summed E-state index contributed by atoms with van der Waals surface area (Å²) in [6, 6.07) is 47.9. The Balaban J connectivity index is 1.22. The molecule has 0 saturated carbocycles. The lowest BCUT2D eigenvalue weighted by atomic mass is 9.93. The van der Waals surface area contributed by atoms with Crippen molar-refractivity contribution in [2.75, 3.05) is 0 Å². The predicted octanol–water partition coefficient (Wildman–Crippen LogP) is 12.8. The standard InChI is InChI=1S/C55H43N7/c1-2-14-43(24-23-39-15-5-3-6-16-39)53-60-54(47-22-11-21-46(35-47)40-17-7-4-8-18-40)62-55(61-53)50-37-48(41-19-9-10-20-44(28-25-41)51-56-31-12-32-57-51)36-49(38-50)42-26-29-45(30-27-42)52-58-33-13-34-59-52/h2-9,11-19,21-22,24-38H,10,20,23H2,1H3/b14-2-,19-9?,41-25?,43-24+,44-28+. The van der Waals surface area contributed by atoms with Crippen LogP contribution in [0.25, 0.3) is 73.1 Å². The third kappa shape index (κ3) is 9.38. The van der Waals surface area contributed by atoms with E-state index in [-0.39, 0.29) is 0 Å². The molecule has 7 nitrogen and oxygen atoms in total. The third-order valence-corrected chi connectivity index (χ3v) is 10.6. The fourth-order valence-electron chi connectivity index (χ4n) is 7.46. The zero-order valence-corrected chi connectivity index (χ0v) is 34.4. The molecule has 0 unspecified atom stereocenters. The van der Waals surface area contributed by atoms with E-state index in [1.807, 2.05) is 37.3 Å². The molecule has 3 heterocycles. The Hall–Kier alpha value is -8.03. The van der Waals surface area contributed by atoms with Gasteiger partial charge in [0.25, 0.3) is 0 Å². The lowest BCUT2D eigenvalue weighted by Gasteiger charge is -2.14. The van der Waals surface area contributed by atoms with Crippen LogP contribution in [0.15, 0.2) is 207 Å². The Morgan fingerprint density at radius 3 is 1.84 bits per heavy atom. The summed E-state index contributed by atoms with van der Waals surface area (Å²) in [5.74, 6) is 3.20. The molecule has 0 fully saturated rings. The molecule has 7 heteroatoms. The quantitative estimate of drug-likeness (QED) is 0.120. The van der Waals surface area contributed by atoms with Crippen LogP contribution in [0.3, 0.4) is 0 Å². The fourth-order valence-corrected chi connectivity index (χ4v) is 7.46. The van der Waals surface area contributed by atoms with Crippen molar-refractivity contribution in [3.63, 3.8) is 0 Å². The monoisotopic (exact) mass is 801 g/mol. The SMILES string of the molecule is C/C=C\C(=C/Cc1ccccc1)c1nc(-c2cccc(-c3ccccc3)c2)nc(-c2cc(C3=C/C=C(/c4ncccn4)CCC=C3)cc(-c3ccc(-c4ncccn4)cc3)c2)n1. The maximum Gasteiger partial charge on any atom is 0.164 e. The minimum Gasteiger partial charge on any atom is -0.237 e. The minimum atomic E-state index is 0.576. The highest BCUT2D eigenvalue weighted by Gasteiger charge is 2.17. The molecule has 8 aromatic rings. The molecule has 0 bridgehead atoms. The summed E-state index contributed by atoms with van der Waals surface area (Å²) in [6.07, 6.45) is 24.6. The lowest BCUT2D eigenvalue weighted by Crippen LogP contribution is -2.03. The third-order valence-electron chi connectivity index (χ3n) is 10.6. The highest BCUT2D eigenvalue weighted by Crippen LogP contribution is 2.34. The second-order valence-corrected chi connectivity index (χ2v) is 14.9. The first kappa shape index (κ1) is 39.4. The average Bonchev–Trinajstić information content (AvgIpc) is 3.34. The summed E-state index contributed by atoms with van der Waals surface area (Å²) in [5.41, 5.74) is 12.3. The Morgan fingerprint density at radius 2 is 1.10 bits per heavy atom. The van der Waals surface area contributed by atoms with E-state index in [1.165, 1.54) is 5.56 Å². The van der Waals surface area contributed by atoms with E-state index >= 15 is 0 Å². The maximum absolute atomic E-state index is 5.28. The largest absolute Gasteiger partial charge is 0.237 e. The summed E-state index contributed by atoms with van der Waals surface area (Å²) < 4.78 is 0. The van der Waals surface area contributed by atoms with Crippen molar-refractivity contribution in [3.05, 3.63) is 230 Å². The van der Waals surface area contributed by atoms with Gasteiger partial charge in [-0.1, -0.05) is 146 Å². The first-order chi connectivity index (χ1) is 30.7. The number of hydrogen-bond donors (Lipinski definition) is 0. The molecule has 5 aromatic carbocycles. The zero-order chi connectivity index (χ0) is 41.9. The summed E-state index contributed by atoms with van der Waals surface area (Å²) in [4.78, 5) is 33.8. The Morgan fingerprint density at radius 1 is 0.500 bits per heavy atom. The molecule has 1 aliphatic rings. The van der Waals surface area contributed by atoms with Gasteiger partial charge >= 0.3 is 0 Å². The Labute approximate surface area is 362 Å². The van der Waals surface area contributed by atoms with E-state index in [9.17, 15) is 0 Å². The van der Waals surface area contributed by atoms with Gasteiger partial charge in [0.15, 0.2) is 29.1 Å². The van der Waals surface area contributed by atoms with Gasteiger partial charge < -0.3 is 0 Å². The van der Waals surface area contributed by atoms with Crippen molar-refractivity contribution in [1.29, 1.82) is 0 Å². The molecule has 0 aliphatic heterocycles. The smallest absolute Gasteiger partial charge is 0.164 e. The van der Waals surface area contributed by atoms with Gasteiger partial charge in [0, 0.05) is 47.1 Å². The first-order valence-corrected chi connectivity index (χ1v) is 20.8. The van der Waals surface area contributed by atoms with Crippen LogP contribution in [0.2, 0.25) is 0 Å². The van der Waals surface area contributed by atoms with Gasteiger partial charge in [-0.2, -0.15) is 0 Å². The molecule has 62 heavy (non-hydrogen) atoms. The van der Waals surface area contributed by atoms with Gasteiger partial charge in [-0.15, -0.1) is 0 Å². The van der Waals surface area contributed by atoms with Crippen LogP contribution < -0.4 is 0 Å². The van der Waals surface area contributed by atoms with Crippen LogP contribution >= 0.6 is 0 Å². The second kappa shape index (κ2) is 18.9. The van der Waals surface area contributed by atoms with Crippen molar-refractivity contribution in [1.82, 2.24) is 34.9 Å². The van der Waals surface area contributed by atoms with Gasteiger partial charge in [0.1, 0.15) is 0 Å². The fraction of sp³-hybridized carbons (Fsp3) is 0.0727. The number of benzene rings is 5. The number of nitrogens with zero attached hydrogens (tertiary/aromatic N) is 7. The molecule has 0 radical (unpaired) electrons. The summed E-state index contributed by atoms with van der Waals surface area (Å²) >= 11 is 0. The van der Waals surface area contributed by atoms with Crippen LogP contribution in [0, 0.1) is 0 Å². The Bertz CT molecular complexity index is 2950. The second-order valence-electron chi connectivity index (χ2n) is 14.9. The first-order valence-electron chi connectivity index (χ1n) is 20.8. The van der Waals surface area contributed by atoms with E-state index in [4.69, 9.17) is 15.0 Å². The van der Waals surface area contributed by atoms with Crippen molar-refractivity contribution >= 4 is 16.7 Å². The molecule has 1 aliphatic carbocycles. The van der Waals surface area contributed by atoms with Crippen molar-refractivity contribution in [2.24, 2.45) is 0 Å². The molecule has 0 N–H and O–H groups in total. The number of hydrogen-bond acceptors (Lipinski definition) is 7. The summed E-state index contributed by atoms with van der Waals surface area (Å²) in [6.45, 7) is 2.02. The molecular weight excluding hydrogens is 759 g/mol. The topological polar surface area (TPSA) is 90.2 Å². The lowest BCUT2D eigenvalue weighted by molar-refractivity contribution is 1.01. The highest BCUT2D eigenvalue weighted by atomic mass is 15.0.